The third-order valence-electron chi connectivity index (χ3n) is 4.16. The van der Waals surface area contributed by atoms with Crippen molar-refractivity contribution in [2.45, 2.75) is 66.0 Å². The number of carbonyl (C=O) groups is 2. The number of carboxylic acid groups (broad SMARTS) is 1. The number of nitrogen functional groups attached to an aromatic ring is 1. The first-order valence-corrected chi connectivity index (χ1v) is 8.98. The van der Waals surface area contributed by atoms with Crippen molar-refractivity contribution in [2.24, 2.45) is 11.3 Å². The van der Waals surface area contributed by atoms with Gasteiger partial charge in [0.2, 0.25) is 0 Å². The highest BCUT2D eigenvalue weighted by atomic mass is 16.6. The van der Waals surface area contributed by atoms with Gasteiger partial charge in [0.25, 0.3) is 0 Å². The van der Waals surface area contributed by atoms with Crippen molar-refractivity contribution in [3.05, 3.63) is 23.8 Å². The molecule has 0 spiro atoms. The van der Waals surface area contributed by atoms with Crippen LogP contribution in [0.15, 0.2) is 18.2 Å². The van der Waals surface area contributed by atoms with Crippen molar-refractivity contribution in [3.63, 3.8) is 0 Å². The molecule has 152 valence electrons. The van der Waals surface area contributed by atoms with Crippen LogP contribution in [-0.4, -0.2) is 33.9 Å². The standard InChI is InChI=1S/C20H32N2O5/c1-19(2,3)14(17(24)25)11-13(22-18(26)27-20(4,5)6)9-12-7-8-16(23)15(21)10-12/h7-8,10,13-14,23H,9,11,21H2,1-6H3,(H,22,26)(H,24,25)/t13?,14-/m0/s1. The van der Waals surface area contributed by atoms with E-state index in [-0.39, 0.29) is 17.9 Å². The Morgan fingerprint density at radius 2 is 1.78 bits per heavy atom. The van der Waals surface area contributed by atoms with Gasteiger partial charge in [0, 0.05) is 6.04 Å². The van der Waals surface area contributed by atoms with Crippen molar-refractivity contribution in [1.29, 1.82) is 0 Å². The minimum Gasteiger partial charge on any atom is -0.506 e. The first-order chi connectivity index (χ1) is 12.2. The van der Waals surface area contributed by atoms with Gasteiger partial charge < -0.3 is 26.0 Å². The SMILES string of the molecule is CC(C)(C)OC(=O)NC(Cc1ccc(O)c(N)c1)C[C@@H](C(=O)O)C(C)(C)C. The molecule has 1 aromatic carbocycles. The molecule has 5 N–H and O–H groups in total. The number of carboxylic acids is 1. The number of aliphatic carboxylic acids is 1. The lowest BCUT2D eigenvalue weighted by molar-refractivity contribution is -0.146. The van der Waals surface area contributed by atoms with Gasteiger partial charge in [-0.25, -0.2) is 4.79 Å². The second-order valence-corrected chi connectivity index (χ2v) is 8.93. The van der Waals surface area contributed by atoms with E-state index in [9.17, 15) is 19.8 Å². The maximum atomic E-state index is 12.2. The molecular weight excluding hydrogens is 348 g/mol. The van der Waals surface area contributed by atoms with E-state index in [1.54, 1.807) is 32.9 Å². The number of ether oxygens (including phenoxy) is 1. The number of aromatic hydroxyl groups is 1. The number of hydrogen-bond acceptors (Lipinski definition) is 5. The molecule has 0 saturated carbocycles. The zero-order valence-corrected chi connectivity index (χ0v) is 17.0. The van der Waals surface area contributed by atoms with E-state index in [0.29, 0.717) is 6.42 Å². The first-order valence-electron chi connectivity index (χ1n) is 8.98. The highest BCUT2D eigenvalue weighted by Crippen LogP contribution is 2.31. The van der Waals surface area contributed by atoms with Crippen LogP contribution in [0.5, 0.6) is 5.75 Å². The number of phenols is 1. The fourth-order valence-corrected chi connectivity index (χ4v) is 2.79. The third-order valence-corrected chi connectivity index (χ3v) is 4.16. The summed E-state index contributed by atoms with van der Waals surface area (Å²) < 4.78 is 5.31. The van der Waals surface area contributed by atoms with E-state index >= 15 is 0 Å². The molecule has 0 aromatic heterocycles. The van der Waals surface area contributed by atoms with E-state index in [1.165, 1.54) is 6.07 Å². The number of hydrogen-bond donors (Lipinski definition) is 4. The van der Waals surface area contributed by atoms with Gasteiger partial charge >= 0.3 is 12.1 Å². The number of nitrogens with two attached hydrogens (primary N) is 1. The Morgan fingerprint density at radius 1 is 1.19 bits per heavy atom. The highest BCUT2D eigenvalue weighted by Gasteiger charge is 2.34. The van der Waals surface area contributed by atoms with Crippen LogP contribution in [0, 0.1) is 11.3 Å². The maximum absolute atomic E-state index is 12.2. The van der Waals surface area contributed by atoms with E-state index in [2.05, 4.69) is 5.32 Å². The molecule has 1 rings (SSSR count). The fourth-order valence-electron chi connectivity index (χ4n) is 2.79. The monoisotopic (exact) mass is 380 g/mol. The van der Waals surface area contributed by atoms with E-state index in [4.69, 9.17) is 10.5 Å². The topological polar surface area (TPSA) is 122 Å². The lowest BCUT2D eigenvalue weighted by Crippen LogP contribution is -2.43. The molecule has 0 heterocycles. The second kappa shape index (κ2) is 8.50. The van der Waals surface area contributed by atoms with Gasteiger partial charge in [-0.15, -0.1) is 0 Å². The highest BCUT2D eigenvalue weighted by molar-refractivity contribution is 5.71. The van der Waals surface area contributed by atoms with Crippen molar-refractivity contribution >= 4 is 17.7 Å². The quantitative estimate of drug-likeness (QED) is 0.442. The number of rotatable bonds is 6. The molecule has 0 bridgehead atoms. The minimum atomic E-state index is -0.913. The number of alkyl carbamates (subject to hydrolysis) is 1. The molecule has 0 aliphatic carbocycles. The molecule has 1 amide bonds. The molecule has 1 aromatic rings. The Balaban J connectivity index is 3.05. The largest absolute Gasteiger partial charge is 0.506 e. The van der Waals surface area contributed by atoms with Crippen LogP contribution in [0.2, 0.25) is 0 Å². The van der Waals surface area contributed by atoms with Gasteiger partial charge in [-0.1, -0.05) is 26.8 Å². The summed E-state index contributed by atoms with van der Waals surface area (Å²) in [7, 11) is 0. The summed E-state index contributed by atoms with van der Waals surface area (Å²) in [5.41, 5.74) is 5.62. The fraction of sp³-hybridized carbons (Fsp3) is 0.600. The van der Waals surface area contributed by atoms with Gasteiger partial charge in [0.05, 0.1) is 11.6 Å². The Kier molecular flexibility index (Phi) is 7.11. The molecule has 0 saturated heterocycles. The van der Waals surface area contributed by atoms with Crippen molar-refractivity contribution < 1.29 is 24.5 Å². The van der Waals surface area contributed by atoms with Crippen molar-refractivity contribution in [3.8, 4) is 5.75 Å². The second-order valence-electron chi connectivity index (χ2n) is 8.93. The molecule has 0 fully saturated rings. The van der Waals surface area contributed by atoms with Gasteiger partial charge in [-0.2, -0.15) is 0 Å². The Hall–Kier alpha value is -2.44. The van der Waals surface area contributed by atoms with Gasteiger partial charge in [0.1, 0.15) is 11.4 Å². The van der Waals surface area contributed by atoms with E-state index < -0.39 is 35.0 Å². The number of phenolic OH excluding ortho intramolecular Hbond substituents is 1. The molecule has 27 heavy (non-hydrogen) atoms. The summed E-state index contributed by atoms with van der Waals surface area (Å²) in [6.45, 7) is 10.9. The number of amides is 1. The summed E-state index contributed by atoms with van der Waals surface area (Å²) in [4.78, 5) is 24.0. The summed E-state index contributed by atoms with van der Waals surface area (Å²) in [6, 6.07) is 4.33. The lowest BCUT2D eigenvalue weighted by Gasteiger charge is -2.31. The van der Waals surface area contributed by atoms with Crippen molar-refractivity contribution in [2.75, 3.05) is 5.73 Å². The molecule has 7 nitrogen and oxygen atoms in total. The molecular formula is C20H32N2O5. The normalized spacial score (nSPS) is 14.3. The molecule has 1 unspecified atom stereocenters. The minimum absolute atomic E-state index is 0.0199. The van der Waals surface area contributed by atoms with Crippen LogP contribution in [0.4, 0.5) is 10.5 Å². The summed E-state index contributed by atoms with van der Waals surface area (Å²) in [5.74, 6) is -1.59. The Morgan fingerprint density at radius 3 is 2.22 bits per heavy atom. The maximum Gasteiger partial charge on any atom is 0.407 e. The summed E-state index contributed by atoms with van der Waals surface area (Å²) >= 11 is 0. The third kappa shape index (κ3) is 7.76. The van der Waals surface area contributed by atoms with Crippen LogP contribution in [0.3, 0.4) is 0 Å². The first kappa shape index (κ1) is 22.6. The molecule has 0 aliphatic rings. The van der Waals surface area contributed by atoms with Gasteiger partial charge in [0.15, 0.2) is 0 Å². The van der Waals surface area contributed by atoms with Crippen LogP contribution in [0.1, 0.15) is 53.5 Å². The van der Waals surface area contributed by atoms with Crippen LogP contribution < -0.4 is 11.1 Å². The summed E-state index contributed by atoms with van der Waals surface area (Å²) in [6.07, 6.45) is -0.0000808. The van der Waals surface area contributed by atoms with Crippen LogP contribution in [0.25, 0.3) is 0 Å². The predicted molar refractivity (Wildman–Crippen MR) is 105 cm³/mol. The van der Waals surface area contributed by atoms with E-state index in [0.717, 1.165) is 5.56 Å². The number of anilines is 1. The van der Waals surface area contributed by atoms with Crippen molar-refractivity contribution in [1.82, 2.24) is 5.32 Å². The number of carbonyl (C=O) groups excluding carboxylic acids is 1. The number of benzene rings is 1. The zero-order chi connectivity index (χ0) is 21.0. The zero-order valence-electron chi connectivity index (χ0n) is 17.0. The Labute approximate surface area is 160 Å². The summed E-state index contributed by atoms with van der Waals surface area (Å²) in [5, 5.41) is 22.0. The average Bonchev–Trinajstić information content (AvgIpc) is 2.44. The van der Waals surface area contributed by atoms with E-state index in [1.807, 2.05) is 20.8 Å². The predicted octanol–water partition coefficient (Wildman–Crippen LogP) is 3.55. The average molecular weight is 380 g/mol. The molecule has 0 radical (unpaired) electrons. The smallest absolute Gasteiger partial charge is 0.407 e. The van der Waals surface area contributed by atoms with Crippen LogP contribution >= 0.6 is 0 Å². The molecule has 2 atom stereocenters. The van der Waals surface area contributed by atoms with Gasteiger partial charge in [-0.05, 0) is 56.7 Å². The molecule has 7 heteroatoms. The Bertz CT molecular complexity index is 674. The lowest BCUT2D eigenvalue weighted by atomic mass is 9.76. The van der Waals surface area contributed by atoms with Crippen LogP contribution in [-0.2, 0) is 16.0 Å². The van der Waals surface area contributed by atoms with Gasteiger partial charge in [-0.3, -0.25) is 4.79 Å². The molecule has 0 aliphatic heterocycles. The number of nitrogens with one attached hydrogen (secondary N) is 1.